The number of rotatable bonds is 4. The molecule has 0 radical (unpaired) electrons. The van der Waals surface area contributed by atoms with Crippen LogP contribution in [-0.2, 0) is 6.42 Å². The molecular formula is C14H13N3O3S. The van der Waals surface area contributed by atoms with Crippen molar-refractivity contribution in [1.82, 2.24) is 15.3 Å². The fraction of sp³-hybridized carbons (Fsp3) is 0.214. The van der Waals surface area contributed by atoms with E-state index in [4.69, 9.17) is 4.42 Å². The van der Waals surface area contributed by atoms with Gasteiger partial charge in [-0.1, -0.05) is 6.07 Å². The molecule has 0 saturated heterocycles. The van der Waals surface area contributed by atoms with Crippen LogP contribution in [0.1, 0.15) is 21.0 Å². The van der Waals surface area contributed by atoms with Crippen molar-refractivity contribution in [2.45, 2.75) is 13.3 Å². The zero-order chi connectivity index (χ0) is 14.8. The lowest BCUT2D eigenvalue weighted by Gasteiger charge is -2.03. The van der Waals surface area contributed by atoms with E-state index < -0.39 is 0 Å². The van der Waals surface area contributed by atoms with E-state index in [2.05, 4.69) is 15.3 Å². The van der Waals surface area contributed by atoms with Crippen LogP contribution in [0.25, 0.3) is 11.1 Å². The van der Waals surface area contributed by atoms with Crippen LogP contribution in [0, 0.1) is 6.92 Å². The number of H-pyrrole nitrogens is 1. The lowest BCUT2D eigenvalue weighted by molar-refractivity contribution is 0.0954. The van der Waals surface area contributed by atoms with Gasteiger partial charge in [0.2, 0.25) is 5.71 Å². The smallest absolute Gasteiger partial charge is 0.262 e. The van der Waals surface area contributed by atoms with Crippen LogP contribution in [-0.4, -0.2) is 22.4 Å². The van der Waals surface area contributed by atoms with Crippen LogP contribution in [0.4, 0.5) is 0 Å². The molecule has 0 aliphatic carbocycles. The summed E-state index contributed by atoms with van der Waals surface area (Å²) in [4.78, 5) is 31.7. The topological polar surface area (TPSA) is 88.0 Å². The molecule has 3 aromatic rings. The van der Waals surface area contributed by atoms with Crippen LogP contribution in [0.2, 0.25) is 0 Å². The number of aromatic nitrogens is 2. The summed E-state index contributed by atoms with van der Waals surface area (Å²) in [6, 6.07) is 3.99. The quantitative estimate of drug-likeness (QED) is 0.770. The average molecular weight is 303 g/mol. The number of aromatic amines is 1. The molecule has 3 rings (SSSR count). The third-order valence-electron chi connectivity index (χ3n) is 3.13. The second-order valence-electron chi connectivity index (χ2n) is 4.53. The Balaban J connectivity index is 1.81. The summed E-state index contributed by atoms with van der Waals surface area (Å²) in [6.45, 7) is 2.15. The number of hydrogen-bond acceptors (Lipinski definition) is 5. The summed E-state index contributed by atoms with van der Waals surface area (Å²) in [5, 5.41) is 5.00. The molecule has 0 bridgehead atoms. The van der Waals surface area contributed by atoms with Crippen LogP contribution in [0.3, 0.4) is 0 Å². The molecule has 0 aliphatic rings. The minimum absolute atomic E-state index is 0.180. The molecule has 2 N–H and O–H groups in total. The van der Waals surface area contributed by atoms with Crippen molar-refractivity contribution in [3.8, 4) is 0 Å². The molecule has 21 heavy (non-hydrogen) atoms. The van der Waals surface area contributed by atoms with Crippen LogP contribution < -0.4 is 10.9 Å². The first-order valence-corrected chi connectivity index (χ1v) is 7.32. The zero-order valence-electron chi connectivity index (χ0n) is 11.3. The van der Waals surface area contributed by atoms with Crippen LogP contribution in [0.5, 0.6) is 0 Å². The molecule has 7 heteroatoms. The highest BCUT2D eigenvalue weighted by Gasteiger charge is 2.21. The largest absolute Gasteiger partial charge is 0.442 e. The molecule has 3 aromatic heterocycles. The lowest BCUT2D eigenvalue weighted by atomic mass is 10.2. The number of carbonyl (C=O) groups excluding carboxylic acids is 1. The van der Waals surface area contributed by atoms with E-state index in [1.54, 1.807) is 18.3 Å². The average Bonchev–Trinajstić information content (AvgIpc) is 3.06. The van der Waals surface area contributed by atoms with Gasteiger partial charge in [0.1, 0.15) is 11.1 Å². The Hall–Kier alpha value is -2.41. The molecule has 0 aromatic carbocycles. The van der Waals surface area contributed by atoms with Gasteiger partial charge in [0.25, 0.3) is 11.5 Å². The van der Waals surface area contributed by atoms with Gasteiger partial charge >= 0.3 is 0 Å². The summed E-state index contributed by atoms with van der Waals surface area (Å²) in [5.74, 6) is 0.0733. The Kier molecular flexibility index (Phi) is 3.57. The number of thiophene rings is 1. The number of hydrogen-bond donors (Lipinski definition) is 2. The Labute approximate surface area is 123 Å². The number of aryl methyl sites for hydroxylation is 1. The van der Waals surface area contributed by atoms with Crippen molar-refractivity contribution in [3.63, 3.8) is 0 Å². The maximum absolute atomic E-state index is 12.3. The number of nitrogens with one attached hydrogen (secondary N) is 2. The monoisotopic (exact) mass is 303 g/mol. The number of amides is 1. The zero-order valence-corrected chi connectivity index (χ0v) is 12.1. The molecule has 0 aliphatic heterocycles. The maximum Gasteiger partial charge on any atom is 0.262 e. The van der Waals surface area contributed by atoms with E-state index in [0.717, 1.165) is 6.42 Å². The first-order valence-electron chi connectivity index (χ1n) is 6.44. The molecule has 108 valence electrons. The summed E-state index contributed by atoms with van der Waals surface area (Å²) in [5.41, 5.74) is 0.0606. The maximum atomic E-state index is 12.3. The van der Waals surface area contributed by atoms with Crippen molar-refractivity contribution in [3.05, 3.63) is 50.4 Å². The van der Waals surface area contributed by atoms with Crippen LogP contribution >= 0.6 is 11.3 Å². The van der Waals surface area contributed by atoms with E-state index in [-0.39, 0.29) is 28.1 Å². The Morgan fingerprint density at radius 3 is 3.14 bits per heavy atom. The summed E-state index contributed by atoms with van der Waals surface area (Å²) < 4.78 is 5.36. The molecule has 0 fully saturated rings. The van der Waals surface area contributed by atoms with Crippen LogP contribution in [0.15, 0.2) is 33.1 Å². The summed E-state index contributed by atoms with van der Waals surface area (Å²) in [7, 11) is 0. The second-order valence-corrected chi connectivity index (χ2v) is 5.56. The molecule has 0 saturated carbocycles. The third-order valence-corrected chi connectivity index (χ3v) is 4.07. The highest BCUT2D eigenvalue weighted by molar-refractivity contribution is 7.09. The molecule has 0 unspecified atom stereocenters. The number of fused-ring (bicyclic) bond motifs is 1. The minimum atomic E-state index is -0.375. The first-order chi connectivity index (χ1) is 10.2. The predicted molar refractivity (Wildman–Crippen MR) is 79.7 cm³/mol. The minimum Gasteiger partial charge on any atom is -0.442 e. The Bertz CT molecular complexity index is 833. The summed E-state index contributed by atoms with van der Waals surface area (Å²) in [6.07, 6.45) is 2.01. The van der Waals surface area contributed by atoms with E-state index in [1.807, 2.05) is 17.5 Å². The van der Waals surface area contributed by atoms with Gasteiger partial charge < -0.3 is 14.7 Å². The SMILES string of the molecule is Cc1oc2nc[nH]c(=O)c2c1C(=O)NCCc1cccs1. The van der Waals surface area contributed by atoms with Gasteiger partial charge in [0, 0.05) is 11.4 Å². The highest BCUT2D eigenvalue weighted by Crippen LogP contribution is 2.20. The van der Waals surface area contributed by atoms with Crippen molar-refractivity contribution < 1.29 is 9.21 Å². The van der Waals surface area contributed by atoms with E-state index in [0.29, 0.717) is 12.3 Å². The van der Waals surface area contributed by atoms with E-state index >= 15 is 0 Å². The second kappa shape index (κ2) is 5.53. The summed E-state index contributed by atoms with van der Waals surface area (Å²) >= 11 is 1.65. The molecule has 0 spiro atoms. The van der Waals surface area contributed by atoms with E-state index in [9.17, 15) is 9.59 Å². The predicted octanol–water partition coefficient (Wildman–Crippen LogP) is 1.86. The highest BCUT2D eigenvalue weighted by atomic mass is 32.1. The normalized spacial score (nSPS) is 10.9. The van der Waals surface area contributed by atoms with Crippen molar-refractivity contribution in [2.24, 2.45) is 0 Å². The van der Waals surface area contributed by atoms with Gasteiger partial charge in [-0.2, -0.15) is 0 Å². The number of furan rings is 1. The fourth-order valence-electron chi connectivity index (χ4n) is 2.17. The molecular weight excluding hydrogens is 290 g/mol. The van der Waals surface area contributed by atoms with Crippen molar-refractivity contribution >= 4 is 28.3 Å². The van der Waals surface area contributed by atoms with E-state index in [1.165, 1.54) is 11.2 Å². The van der Waals surface area contributed by atoms with Gasteiger partial charge in [-0.05, 0) is 24.8 Å². The van der Waals surface area contributed by atoms with Gasteiger partial charge in [0.05, 0.1) is 11.9 Å². The number of nitrogens with zero attached hydrogens (tertiary/aromatic N) is 1. The molecule has 0 atom stereocenters. The van der Waals surface area contributed by atoms with Crippen molar-refractivity contribution in [2.75, 3.05) is 6.54 Å². The first kappa shape index (κ1) is 13.6. The van der Waals surface area contributed by atoms with Crippen molar-refractivity contribution in [1.29, 1.82) is 0 Å². The molecule has 6 nitrogen and oxygen atoms in total. The van der Waals surface area contributed by atoms with Gasteiger partial charge in [-0.25, -0.2) is 4.98 Å². The fourth-order valence-corrected chi connectivity index (χ4v) is 2.88. The Morgan fingerprint density at radius 2 is 2.38 bits per heavy atom. The Morgan fingerprint density at radius 1 is 1.52 bits per heavy atom. The number of carbonyl (C=O) groups is 1. The standard InChI is InChI=1S/C14H13N3O3S/c1-8-10(11-13(19)16-7-17-14(11)20-8)12(18)15-5-4-9-3-2-6-21-9/h2-3,6-7H,4-5H2,1H3,(H,15,18)(H,16,17,19). The van der Waals surface area contributed by atoms with Gasteiger partial charge in [-0.15, -0.1) is 11.3 Å². The molecule has 3 heterocycles. The lowest BCUT2D eigenvalue weighted by Crippen LogP contribution is -2.27. The molecule has 1 amide bonds. The van der Waals surface area contributed by atoms with Gasteiger partial charge in [-0.3, -0.25) is 9.59 Å². The third kappa shape index (κ3) is 2.59. The van der Waals surface area contributed by atoms with Gasteiger partial charge in [0.15, 0.2) is 0 Å².